The monoisotopic (exact) mass is 356 g/mol. The van der Waals surface area contributed by atoms with Crippen LogP contribution in [-0.2, 0) is 17.1 Å². The minimum absolute atomic E-state index is 0.0617. The van der Waals surface area contributed by atoms with E-state index in [4.69, 9.17) is 11.6 Å². The molecule has 23 heavy (non-hydrogen) atoms. The second-order valence-electron chi connectivity index (χ2n) is 5.18. The summed E-state index contributed by atoms with van der Waals surface area (Å²) < 4.78 is 27.0. The zero-order chi connectivity index (χ0) is 17.4. The molecule has 1 heterocycles. The molecule has 0 aliphatic carbocycles. The van der Waals surface area contributed by atoms with Crippen molar-refractivity contribution in [1.29, 1.82) is 0 Å². The standard InChI is InChI=1S/C14H17ClN4O3S/c1-9-7-13(19(4)17-9)16-14(20)10-5-6-11(15)12(8-10)23(21,22)18(2)3/h5-8H,1-4H3,(H,16,20). The molecule has 1 amide bonds. The van der Waals surface area contributed by atoms with Crippen molar-refractivity contribution in [3.63, 3.8) is 0 Å². The highest BCUT2D eigenvalue weighted by atomic mass is 35.5. The van der Waals surface area contributed by atoms with Gasteiger partial charge in [-0.05, 0) is 25.1 Å². The third kappa shape index (κ3) is 3.54. The van der Waals surface area contributed by atoms with E-state index >= 15 is 0 Å². The van der Waals surface area contributed by atoms with Crippen molar-refractivity contribution in [2.45, 2.75) is 11.8 Å². The summed E-state index contributed by atoms with van der Waals surface area (Å²) in [6, 6.07) is 5.83. The lowest BCUT2D eigenvalue weighted by molar-refractivity contribution is 0.102. The molecule has 7 nitrogen and oxygen atoms in total. The van der Waals surface area contributed by atoms with Crippen LogP contribution in [0.25, 0.3) is 0 Å². The molecule has 0 unspecified atom stereocenters. The minimum atomic E-state index is -3.74. The van der Waals surface area contributed by atoms with Crippen molar-refractivity contribution in [1.82, 2.24) is 14.1 Å². The number of aromatic nitrogens is 2. The molecule has 9 heteroatoms. The minimum Gasteiger partial charge on any atom is -0.307 e. The number of nitrogens with one attached hydrogen (secondary N) is 1. The number of rotatable bonds is 4. The maximum absolute atomic E-state index is 12.3. The van der Waals surface area contributed by atoms with Crippen LogP contribution in [0.2, 0.25) is 5.02 Å². The lowest BCUT2D eigenvalue weighted by Gasteiger charge is -2.14. The van der Waals surface area contributed by atoms with E-state index in [-0.39, 0.29) is 15.5 Å². The van der Waals surface area contributed by atoms with Crippen molar-refractivity contribution >= 4 is 33.3 Å². The highest BCUT2D eigenvalue weighted by Crippen LogP contribution is 2.25. The molecule has 124 valence electrons. The van der Waals surface area contributed by atoms with Gasteiger partial charge in [0.2, 0.25) is 10.0 Å². The first kappa shape index (κ1) is 17.5. The molecule has 1 aromatic heterocycles. The molecule has 0 fully saturated rings. The Morgan fingerprint density at radius 1 is 1.30 bits per heavy atom. The fraction of sp³-hybridized carbons (Fsp3) is 0.286. The van der Waals surface area contributed by atoms with Crippen LogP contribution >= 0.6 is 11.6 Å². The van der Waals surface area contributed by atoms with Crippen molar-refractivity contribution in [3.8, 4) is 0 Å². The number of anilines is 1. The van der Waals surface area contributed by atoms with E-state index in [9.17, 15) is 13.2 Å². The summed E-state index contributed by atoms with van der Waals surface area (Å²) in [6.45, 7) is 1.81. The van der Waals surface area contributed by atoms with Gasteiger partial charge < -0.3 is 5.32 Å². The number of aryl methyl sites for hydroxylation is 2. The molecule has 1 N–H and O–H groups in total. The second-order valence-corrected chi connectivity index (χ2v) is 7.71. The number of carbonyl (C=O) groups is 1. The first-order valence-electron chi connectivity index (χ1n) is 6.67. The van der Waals surface area contributed by atoms with Gasteiger partial charge in [0.25, 0.3) is 5.91 Å². The largest absolute Gasteiger partial charge is 0.307 e. The molecule has 0 saturated heterocycles. The highest BCUT2D eigenvalue weighted by Gasteiger charge is 2.22. The van der Waals surface area contributed by atoms with E-state index in [0.717, 1.165) is 10.00 Å². The predicted molar refractivity (Wildman–Crippen MR) is 88.2 cm³/mol. The number of sulfonamides is 1. The van der Waals surface area contributed by atoms with Gasteiger partial charge in [0.15, 0.2) is 0 Å². The summed E-state index contributed by atoms with van der Waals surface area (Å²) in [4.78, 5) is 12.2. The van der Waals surface area contributed by atoms with Gasteiger partial charge in [0, 0.05) is 32.8 Å². The van der Waals surface area contributed by atoms with E-state index in [1.165, 1.54) is 37.0 Å². The number of benzene rings is 1. The third-order valence-electron chi connectivity index (χ3n) is 3.20. The van der Waals surface area contributed by atoms with Crippen LogP contribution in [0.15, 0.2) is 29.2 Å². The zero-order valence-electron chi connectivity index (χ0n) is 13.2. The van der Waals surface area contributed by atoms with Crippen molar-refractivity contribution in [2.24, 2.45) is 7.05 Å². The average Bonchev–Trinajstić information content (AvgIpc) is 2.76. The fourth-order valence-corrected chi connectivity index (χ4v) is 3.35. The van der Waals surface area contributed by atoms with E-state index in [1.807, 2.05) is 0 Å². The number of hydrogen-bond acceptors (Lipinski definition) is 4. The molecule has 0 aliphatic heterocycles. The van der Waals surface area contributed by atoms with Crippen LogP contribution in [0, 0.1) is 6.92 Å². The van der Waals surface area contributed by atoms with Gasteiger partial charge in [-0.2, -0.15) is 5.10 Å². The number of carbonyl (C=O) groups excluding carboxylic acids is 1. The fourth-order valence-electron chi connectivity index (χ4n) is 1.96. The summed E-state index contributed by atoms with van der Waals surface area (Å²) in [7, 11) is 0.763. The molecule has 0 atom stereocenters. The predicted octanol–water partition coefficient (Wildman–Crippen LogP) is 1.88. The molecule has 2 rings (SSSR count). The Morgan fingerprint density at radius 3 is 2.48 bits per heavy atom. The number of nitrogens with zero attached hydrogens (tertiary/aromatic N) is 3. The summed E-state index contributed by atoms with van der Waals surface area (Å²) in [5.74, 6) is 0.0688. The van der Waals surface area contributed by atoms with Crippen LogP contribution in [0.5, 0.6) is 0 Å². The maximum Gasteiger partial charge on any atom is 0.256 e. The van der Waals surface area contributed by atoms with Crippen LogP contribution in [-0.4, -0.2) is 42.5 Å². The van der Waals surface area contributed by atoms with E-state index in [2.05, 4.69) is 10.4 Å². The van der Waals surface area contributed by atoms with Crippen LogP contribution in [0.3, 0.4) is 0 Å². The first-order chi connectivity index (χ1) is 10.6. The van der Waals surface area contributed by atoms with Crippen LogP contribution < -0.4 is 5.32 Å². The van der Waals surface area contributed by atoms with Gasteiger partial charge in [-0.1, -0.05) is 11.6 Å². The Morgan fingerprint density at radius 2 is 1.96 bits per heavy atom. The SMILES string of the molecule is Cc1cc(NC(=O)c2ccc(Cl)c(S(=O)(=O)N(C)C)c2)n(C)n1. The quantitative estimate of drug-likeness (QED) is 0.906. The molecule has 0 spiro atoms. The van der Waals surface area contributed by atoms with Crippen molar-refractivity contribution in [2.75, 3.05) is 19.4 Å². The van der Waals surface area contributed by atoms with Crippen molar-refractivity contribution in [3.05, 3.63) is 40.5 Å². The van der Waals surface area contributed by atoms with Gasteiger partial charge in [-0.15, -0.1) is 0 Å². The first-order valence-corrected chi connectivity index (χ1v) is 8.49. The summed E-state index contributed by atoms with van der Waals surface area (Å²) in [6.07, 6.45) is 0. The van der Waals surface area contributed by atoms with Gasteiger partial charge in [-0.3, -0.25) is 9.48 Å². The van der Waals surface area contributed by atoms with Gasteiger partial charge in [0.05, 0.1) is 10.7 Å². The van der Waals surface area contributed by atoms with Gasteiger partial charge in [0.1, 0.15) is 10.7 Å². The smallest absolute Gasteiger partial charge is 0.256 e. The molecular formula is C14H17ClN4O3S. The lowest BCUT2D eigenvalue weighted by Crippen LogP contribution is -2.23. The average molecular weight is 357 g/mol. The number of amides is 1. The Bertz CT molecular complexity index is 859. The van der Waals surface area contributed by atoms with Crippen molar-refractivity contribution < 1.29 is 13.2 Å². The summed E-state index contributed by atoms with van der Waals surface area (Å²) in [5, 5.41) is 6.88. The van der Waals surface area contributed by atoms with Crippen LogP contribution in [0.4, 0.5) is 5.82 Å². The molecule has 2 aromatic rings. The van der Waals surface area contributed by atoms with Crippen LogP contribution in [0.1, 0.15) is 16.1 Å². The maximum atomic E-state index is 12.3. The van der Waals surface area contributed by atoms with Gasteiger partial charge in [-0.25, -0.2) is 12.7 Å². The topological polar surface area (TPSA) is 84.3 Å². The Balaban J connectivity index is 2.38. The normalized spacial score (nSPS) is 11.7. The van der Waals surface area contributed by atoms with Gasteiger partial charge >= 0.3 is 0 Å². The molecule has 0 radical (unpaired) electrons. The molecule has 0 aliphatic rings. The highest BCUT2D eigenvalue weighted by molar-refractivity contribution is 7.89. The summed E-state index contributed by atoms with van der Waals surface area (Å²) in [5.41, 5.74) is 0.948. The van der Waals surface area contributed by atoms with E-state index in [1.54, 1.807) is 20.0 Å². The lowest BCUT2D eigenvalue weighted by atomic mass is 10.2. The number of halogens is 1. The Hall–Kier alpha value is -1.90. The Labute approximate surface area is 139 Å². The Kier molecular flexibility index (Phi) is 4.79. The molecule has 1 aromatic carbocycles. The van der Waals surface area contributed by atoms with E-state index in [0.29, 0.717) is 5.82 Å². The molecular weight excluding hydrogens is 340 g/mol. The zero-order valence-corrected chi connectivity index (χ0v) is 14.7. The summed E-state index contributed by atoms with van der Waals surface area (Å²) >= 11 is 5.97. The third-order valence-corrected chi connectivity index (χ3v) is 5.49. The number of hydrogen-bond donors (Lipinski definition) is 1. The second kappa shape index (κ2) is 6.31. The molecule has 0 bridgehead atoms. The molecule has 0 saturated carbocycles. The van der Waals surface area contributed by atoms with E-state index < -0.39 is 15.9 Å².